The molecule has 0 spiro atoms. The van der Waals surface area contributed by atoms with Crippen LogP contribution in [0, 0.1) is 0 Å². The minimum atomic E-state index is -4.47. The Morgan fingerprint density at radius 2 is 1.92 bits per heavy atom. The van der Waals surface area contributed by atoms with Crippen LogP contribution in [0.1, 0.15) is 12.0 Å². The molecule has 8 nitrogen and oxygen atoms in total. The monoisotopic (exact) mass is 564 g/mol. The molecule has 2 aromatic heterocycles. The molecule has 5 rings (SSSR count). The first-order chi connectivity index (χ1) is 18.3. The van der Waals surface area contributed by atoms with Gasteiger partial charge in [0.25, 0.3) is 0 Å². The van der Waals surface area contributed by atoms with Crippen molar-refractivity contribution in [3.8, 4) is 11.5 Å². The van der Waals surface area contributed by atoms with E-state index in [1.165, 1.54) is 12.1 Å². The molecule has 13 heteroatoms. The van der Waals surface area contributed by atoms with Gasteiger partial charge in [0.15, 0.2) is 10.8 Å². The Hall–Kier alpha value is -3.06. The molecule has 0 aliphatic carbocycles. The van der Waals surface area contributed by atoms with Crippen molar-refractivity contribution >= 4 is 40.6 Å². The highest BCUT2D eigenvalue weighted by molar-refractivity contribution is 7.99. The van der Waals surface area contributed by atoms with Gasteiger partial charge >= 0.3 is 6.18 Å². The molecule has 3 heterocycles. The lowest BCUT2D eigenvalue weighted by Crippen LogP contribution is -2.36. The lowest BCUT2D eigenvalue weighted by molar-refractivity contribution is -0.137. The average Bonchev–Trinajstić information content (AvgIpc) is 3.38. The fourth-order valence-electron chi connectivity index (χ4n) is 3.88. The molecule has 2 aromatic carbocycles. The number of fused-ring (bicyclic) bond motifs is 1. The molecular formula is C25H24ClF3N6O2S. The molecule has 1 aliphatic heterocycles. The Morgan fingerprint density at radius 1 is 1.08 bits per heavy atom. The van der Waals surface area contributed by atoms with Gasteiger partial charge in [-0.2, -0.15) is 27.8 Å². The molecule has 1 N–H and O–H groups in total. The van der Waals surface area contributed by atoms with Gasteiger partial charge in [-0.1, -0.05) is 29.4 Å². The summed E-state index contributed by atoms with van der Waals surface area (Å²) in [6, 6.07) is 11.3. The molecule has 0 bridgehead atoms. The van der Waals surface area contributed by atoms with Crippen LogP contribution in [-0.2, 0) is 10.9 Å². The molecule has 4 aromatic rings. The molecule has 1 fully saturated rings. The minimum absolute atomic E-state index is 0.0340. The Balaban J connectivity index is 1.26. The van der Waals surface area contributed by atoms with Crippen molar-refractivity contribution in [2.24, 2.45) is 0 Å². The van der Waals surface area contributed by atoms with Crippen LogP contribution >= 0.6 is 23.4 Å². The summed E-state index contributed by atoms with van der Waals surface area (Å²) >= 11 is 7.97. The average molecular weight is 565 g/mol. The summed E-state index contributed by atoms with van der Waals surface area (Å²) in [4.78, 5) is 11.6. The number of aromatic nitrogens is 4. The van der Waals surface area contributed by atoms with Crippen LogP contribution in [0.25, 0.3) is 5.65 Å². The zero-order valence-corrected chi connectivity index (χ0v) is 21.7. The third-order valence-electron chi connectivity index (χ3n) is 5.77. The Morgan fingerprint density at radius 3 is 2.71 bits per heavy atom. The Labute approximate surface area is 226 Å². The van der Waals surface area contributed by atoms with E-state index in [0.29, 0.717) is 22.4 Å². The highest BCUT2D eigenvalue weighted by Crippen LogP contribution is 2.36. The van der Waals surface area contributed by atoms with Gasteiger partial charge in [-0.15, -0.1) is 0 Å². The van der Waals surface area contributed by atoms with E-state index in [9.17, 15) is 13.2 Å². The van der Waals surface area contributed by atoms with E-state index in [2.05, 4.69) is 25.3 Å². The number of nitrogens with one attached hydrogen (secondary N) is 1. The number of nitrogens with zero attached hydrogens (tertiary/aromatic N) is 5. The third kappa shape index (κ3) is 6.68. The molecule has 200 valence electrons. The maximum atomic E-state index is 13.0. The van der Waals surface area contributed by atoms with Crippen molar-refractivity contribution in [2.75, 3.05) is 43.9 Å². The van der Waals surface area contributed by atoms with Gasteiger partial charge < -0.3 is 14.8 Å². The standard InChI is InChI=1S/C25H24ClF3N6O2S/c26-20-16-18(5-6-21(20)37-19-4-1-3-17(15-19)25(27,28)29)31-23-33-24(32-22-7-8-30-35(22)23)38-14-2-9-34-10-12-36-13-11-34/h1,3-8,15-16H,2,9-14H2,(H,31,32,33). The van der Waals surface area contributed by atoms with E-state index < -0.39 is 11.7 Å². The molecule has 38 heavy (non-hydrogen) atoms. The highest BCUT2D eigenvalue weighted by atomic mass is 35.5. The number of rotatable bonds is 9. The predicted octanol–water partition coefficient (Wildman–Crippen LogP) is 6.15. The van der Waals surface area contributed by atoms with E-state index in [1.807, 2.05) is 0 Å². The zero-order valence-electron chi connectivity index (χ0n) is 20.1. The number of ether oxygens (including phenoxy) is 2. The molecule has 0 radical (unpaired) electrons. The second-order valence-electron chi connectivity index (χ2n) is 8.48. The summed E-state index contributed by atoms with van der Waals surface area (Å²) in [5.74, 6) is 1.58. The predicted molar refractivity (Wildman–Crippen MR) is 140 cm³/mol. The first-order valence-electron chi connectivity index (χ1n) is 11.9. The largest absolute Gasteiger partial charge is 0.456 e. The number of thioether (sulfide) groups is 1. The number of benzene rings is 2. The van der Waals surface area contributed by atoms with Crippen molar-refractivity contribution < 1.29 is 22.6 Å². The van der Waals surface area contributed by atoms with E-state index in [4.69, 9.17) is 21.1 Å². The van der Waals surface area contributed by atoms with Crippen molar-refractivity contribution in [1.82, 2.24) is 24.5 Å². The van der Waals surface area contributed by atoms with Crippen molar-refractivity contribution in [3.05, 3.63) is 65.3 Å². The number of morpholine rings is 1. The van der Waals surface area contributed by atoms with Crippen molar-refractivity contribution in [1.29, 1.82) is 0 Å². The van der Waals surface area contributed by atoms with Crippen LogP contribution in [0.15, 0.2) is 59.9 Å². The Kier molecular flexibility index (Phi) is 8.22. The quantitative estimate of drug-likeness (QED) is 0.192. The summed E-state index contributed by atoms with van der Waals surface area (Å²) in [7, 11) is 0. The van der Waals surface area contributed by atoms with E-state index in [-0.39, 0.29) is 16.5 Å². The highest BCUT2D eigenvalue weighted by Gasteiger charge is 2.30. The lowest BCUT2D eigenvalue weighted by Gasteiger charge is -2.26. The molecule has 0 saturated carbocycles. The van der Waals surface area contributed by atoms with Gasteiger partial charge in [-0.3, -0.25) is 4.90 Å². The second kappa shape index (κ2) is 11.8. The molecule has 0 amide bonds. The summed E-state index contributed by atoms with van der Waals surface area (Å²) in [6.45, 7) is 4.49. The van der Waals surface area contributed by atoms with E-state index in [1.54, 1.807) is 46.7 Å². The normalized spacial score (nSPS) is 14.6. The maximum Gasteiger partial charge on any atom is 0.416 e. The van der Waals surface area contributed by atoms with Gasteiger partial charge in [-0.25, -0.2) is 4.98 Å². The lowest BCUT2D eigenvalue weighted by atomic mass is 10.2. The first kappa shape index (κ1) is 26.5. The molecule has 0 atom stereocenters. The van der Waals surface area contributed by atoms with Gasteiger partial charge in [0.1, 0.15) is 11.5 Å². The molecule has 1 aliphatic rings. The summed E-state index contributed by atoms with van der Waals surface area (Å²) in [5.41, 5.74) is 0.449. The van der Waals surface area contributed by atoms with Crippen LogP contribution in [0.5, 0.6) is 11.5 Å². The SMILES string of the molecule is FC(F)(F)c1cccc(Oc2ccc(Nc3nc(SCCCN4CCOCC4)nc4ccnn34)cc2Cl)c1. The van der Waals surface area contributed by atoms with Gasteiger partial charge in [0.05, 0.1) is 30.0 Å². The number of hydrogen-bond donors (Lipinski definition) is 1. The summed E-state index contributed by atoms with van der Waals surface area (Å²) in [6.07, 6.45) is -1.82. The number of hydrogen-bond acceptors (Lipinski definition) is 8. The first-order valence-corrected chi connectivity index (χ1v) is 13.3. The fourth-order valence-corrected chi connectivity index (χ4v) is 4.86. The van der Waals surface area contributed by atoms with Gasteiger partial charge in [0, 0.05) is 30.6 Å². The molecule has 1 saturated heterocycles. The summed E-state index contributed by atoms with van der Waals surface area (Å²) < 4.78 is 51.6. The van der Waals surface area contributed by atoms with Gasteiger partial charge in [-0.05, 0) is 49.4 Å². The van der Waals surface area contributed by atoms with Crippen LogP contribution < -0.4 is 10.1 Å². The number of halogens is 4. The zero-order chi connectivity index (χ0) is 26.5. The minimum Gasteiger partial charge on any atom is -0.456 e. The molecule has 0 unspecified atom stereocenters. The third-order valence-corrected chi connectivity index (χ3v) is 6.99. The Bertz CT molecular complexity index is 1400. The fraction of sp³-hybridized carbons (Fsp3) is 0.320. The van der Waals surface area contributed by atoms with E-state index in [0.717, 1.165) is 57.2 Å². The van der Waals surface area contributed by atoms with Crippen LogP contribution in [-0.4, -0.2) is 63.1 Å². The smallest absolute Gasteiger partial charge is 0.416 e. The van der Waals surface area contributed by atoms with Gasteiger partial charge in [0.2, 0.25) is 5.95 Å². The van der Waals surface area contributed by atoms with E-state index >= 15 is 0 Å². The van der Waals surface area contributed by atoms with Crippen LogP contribution in [0.2, 0.25) is 5.02 Å². The number of alkyl halides is 3. The summed E-state index contributed by atoms with van der Waals surface area (Å²) in [5, 5.41) is 8.33. The maximum absolute atomic E-state index is 13.0. The van der Waals surface area contributed by atoms with Crippen molar-refractivity contribution in [2.45, 2.75) is 17.8 Å². The van der Waals surface area contributed by atoms with Crippen LogP contribution in [0.4, 0.5) is 24.8 Å². The topological polar surface area (TPSA) is 76.8 Å². The number of anilines is 2. The second-order valence-corrected chi connectivity index (χ2v) is 9.95. The van der Waals surface area contributed by atoms with Crippen LogP contribution in [0.3, 0.4) is 0 Å². The van der Waals surface area contributed by atoms with Crippen molar-refractivity contribution in [3.63, 3.8) is 0 Å². The molecular weight excluding hydrogens is 541 g/mol.